The number of fused-ring (bicyclic) bond motifs is 1. The van der Waals surface area contributed by atoms with Crippen LogP contribution in [0.25, 0.3) is 39.0 Å². The van der Waals surface area contributed by atoms with E-state index < -0.39 is 17.5 Å². The van der Waals surface area contributed by atoms with Gasteiger partial charge >= 0.3 is 0 Å². The second-order valence-electron chi connectivity index (χ2n) is 7.81. The molecule has 2 aromatic heterocycles. The van der Waals surface area contributed by atoms with Gasteiger partial charge in [0.15, 0.2) is 0 Å². The third-order valence-corrected chi connectivity index (χ3v) is 5.48. The van der Waals surface area contributed by atoms with Gasteiger partial charge in [-0.3, -0.25) is 14.0 Å². The molecule has 8 heteroatoms. The molecule has 0 atom stereocenters. The Bertz CT molecular complexity index is 1570. The zero-order chi connectivity index (χ0) is 23.8. The molecule has 1 amide bonds. The number of aromatic nitrogens is 4. The lowest BCUT2D eigenvalue weighted by Gasteiger charge is -2.13. The minimum atomic E-state index is -0.699. The first-order valence-corrected chi connectivity index (χ1v) is 10.4. The lowest BCUT2D eigenvalue weighted by Crippen LogP contribution is -2.08. The molecular formula is C26H19F2N5O. The van der Waals surface area contributed by atoms with E-state index in [1.165, 1.54) is 12.1 Å². The van der Waals surface area contributed by atoms with E-state index in [-0.39, 0.29) is 5.56 Å². The number of halogens is 2. The van der Waals surface area contributed by atoms with Crippen molar-refractivity contribution in [2.24, 2.45) is 7.05 Å². The molecule has 0 aliphatic heterocycles. The van der Waals surface area contributed by atoms with Crippen LogP contribution in [0.5, 0.6) is 0 Å². The number of aryl methyl sites for hydroxylation is 1. The molecule has 0 fully saturated rings. The quantitative estimate of drug-likeness (QED) is 0.356. The highest BCUT2D eigenvalue weighted by Crippen LogP contribution is 2.31. The Hall–Kier alpha value is -4.59. The topological polar surface area (TPSA) is 64.7 Å². The number of hydrogen-bond donors (Lipinski definition) is 1. The van der Waals surface area contributed by atoms with Crippen molar-refractivity contribution in [3.05, 3.63) is 97.6 Å². The van der Waals surface area contributed by atoms with Crippen LogP contribution in [-0.2, 0) is 11.8 Å². The first-order valence-electron chi connectivity index (χ1n) is 10.4. The molecule has 3 aromatic carbocycles. The van der Waals surface area contributed by atoms with Crippen LogP contribution in [0.2, 0.25) is 0 Å². The average molecular weight is 455 g/mol. The molecular weight excluding hydrogens is 436 g/mol. The smallest absolute Gasteiger partial charge is 0.247 e. The molecule has 1 N–H and O–H groups in total. The summed E-state index contributed by atoms with van der Waals surface area (Å²) < 4.78 is 31.6. The summed E-state index contributed by atoms with van der Waals surface area (Å²) in [5.41, 5.74) is 5.31. The van der Waals surface area contributed by atoms with Gasteiger partial charge in [-0.15, -0.1) is 0 Å². The Labute approximate surface area is 193 Å². The largest absolute Gasteiger partial charge is 0.322 e. The second-order valence-corrected chi connectivity index (χ2v) is 7.81. The van der Waals surface area contributed by atoms with Gasteiger partial charge in [0, 0.05) is 41.8 Å². The van der Waals surface area contributed by atoms with Crippen LogP contribution in [0.4, 0.5) is 14.5 Å². The van der Waals surface area contributed by atoms with Crippen LogP contribution in [0.15, 0.2) is 86.0 Å². The maximum absolute atomic E-state index is 14.6. The van der Waals surface area contributed by atoms with Crippen LogP contribution in [0, 0.1) is 11.6 Å². The van der Waals surface area contributed by atoms with Gasteiger partial charge in [-0.1, -0.05) is 12.6 Å². The summed E-state index contributed by atoms with van der Waals surface area (Å²) in [6, 6.07) is 14.4. The summed E-state index contributed by atoms with van der Waals surface area (Å²) in [7, 11) is 1.86. The first kappa shape index (κ1) is 21.3. The number of imidazole rings is 1. The molecule has 0 aliphatic rings. The van der Waals surface area contributed by atoms with E-state index in [1.54, 1.807) is 35.4 Å². The van der Waals surface area contributed by atoms with Crippen molar-refractivity contribution in [1.29, 1.82) is 0 Å². The average Bonchev–Trinajstić information content (AvgIpc) is 3.44. The van der Waals surface area contributed by atoms with Crippen molar-refractivity contribution in [2.45, 2.75) is 0 Å². The molecule has 0 aliphatic carbocycles. The lowest BCUT2D eigenvalue weighted by atomic mass is 10.0. The third kappa shape index (κ3) is 3.97. The van der Waals surface area contributed by atoms with Gasteiger partial charge in [0.2, 0.25) is 5.91 Å². The molecule has 0 saturated heterocycles. The van der Waals surface area contributed by atoms with Crippen LogP contribution >= 0.6 is 0 Å². The summed E-state index contributed by atoms with van der Waals surface area (Å²) in [5.74, 6) is -1.77. The molecule has 168 valence electrons. The minimum absolute atomic E-state index is 0.209. The number of rotatable bonds is 5. The number of benzene rings is 3. The number of nitrogens with zero attached hydrogens (tertiary/aromatic N) is 4. The van der Waals surface area contributed by atoms with Crippen LogP contribution in [0.3, 0.4) is 0 Å². The van der Waals surface area contributed by atoms with Crippen molar-refractivity contribution >= 4 is 22.6 Å². The van der Waals surface area contributed by atoms with Crippen molar-refractivity contribution < 1.29 is 13.6 Å². The molecule has 0 spiro atoms. The van der Waals surface area contributed by atoms with Gasteiger partial charge in [0.05, 0.1) is 17.2 Å². The van der Waals surface area contributed by atoms with Crippen LogP contribution < -0.4 is 5.32 Å². The third-order valence-electron chi connectivity index (χ3n) is 5.48. The number of carbonyl (C=O) groups excluding carboxylic acids is 1. The van der Waals surface area contributed by atoms with E-state index in [0.29, 0.717) is 16.9 Å². The highest BCUT2D eigenvalue weighted by Gasteiger charge is 2.13. The Kier molecular flexibility index (Phi) is 5.25. The van der Waals surface area contributed by atoms with Gasteiger partial charge in [-0.25, -0.2) is 13.8 Å². The predicted octanol–water partition coefficient (Wildman–Crippen LogP) is 5.50. The van der Waals surface area contributed by atoms with Gasteiger partial charge in [0.25, 0.3) is 0 Å². The fourth-order valence-corrected chi connectivity index (χ4v) is 3.86. The molecule has 0 radical (unpaired) electrons. The normalized spacial score (nSPS) is 11.0. The molecule has 6 nitrogen and oxygen atoms in total. The van der Waals surface area contributed by atoms with Gasteiger partial charge in [-0.2, -0.15) is 5.10 Å². The Morgan fingerprint density at radius 3 is 2.62 bits per heavy atom. The maximum atomic E-state index is 14.6. The van der Waals surface area contributed by atoms with Gasteiger partial charge < -0.3 is 5.32 Å². The van der Waals surface area contributed by atoms with Gasteiger partial charge in [0.1, 0.15) is 18.0 Å². The van der Waals surface area contributed by atoms with E-state index in [4.69, 9.17) is 0 Å². The Balaban J connectivity index is 1.64. The summed E-state index contributed by atoms with van der Waals surface area (Å²) in [6.07, 6.45) is 6.52. The van der Waals surface area contributed by atoms with Gasteiger partial charge in [-0.05, 0) is 59.7 Å². The predicted molar refractivity (Wildman–Crippen MR) is 127 cm³/mol. The van der Waals surface area contributed by atoms with Crippen molar-refractivity contribution in [2.75, 3.05) is 5.32 Å². The number of anilines is 1. The monoisotopic (exact) mass is 455 g/mol. The Morgan fingerprint density at radius 2 is 1.88 bits per heavy atom. The molecule has 0 bridgehead atoms. The van der Waals surface area contributed by atoms with E-state index in [9.17, 15) is 13.6 Å². The van der Waals surface area contributed by atoms with E-state index >= 15 is 0 Å². The summed E-state index contributed by atoms with van der Waals surface area (Å²) >= 11 is 0. The fraction of sp³-hybridized carbons (Fsp3) is 0.0385. The zero-order valence-electron chi connectivity index (χ0n) is 18.2. The first-order chi connectivity index (χ1) is 16.4. The highest BCUT2D eigenvalue weighted by molar-refractivity contribution is 5.99. The fourth-order valence-electron chi connectivity index (χ4n) is 3.86. The van der Waals surface area contributed by atoms with E-state index in [2.05, 4.69) is 22.0 Å². The maximum Gasteiger partial charge on any atom is 0.247 e. The minimum Gasteiger partial charge on any atom is -0.322 e. The number of nitrogens with one attached hydrogen (secondary N) is 1. The van der Waals surface area contributed by atoms with Crippen molar-refractivity contribution in [3.63, 3.8) is 0 Å². The molecule has 5 aromatic rings. The zero-order valence-corrected chi connectivity index (χ0v) is 18.2. The van der Waals surface area contributed by atoms with Crippen molar-refractivity contribution in [3.8, 4) is 27.9 Å². The molecule has 0 saturated carbocycles. The molecule has 5 rings (SSSR count). The van der Waals surface area contributed by atoms with Crippen molar-refractivity contribution in [1.82, 2.24) is 19.3 Å². The molecule has 2 heterocycles. The highest BCUT2D eigenvalue weighted by atomic mass is 19.1. The summed E-state index contributed by atoms with van der Waals surface area (Å²) in [4.78, 5) is 16.5. The SMILES string of the molecule is C=CC(=O)Nc1cc(-c2ccc(F)cc2F)cc(-n2cnc3cc(-c4cnn(C)c4)ccc32)c1. The molecule has 0 unspecified atom stereocenters. The van der Waals surface area contributed by atoms with Crippen LogP contribution in [-0.4, -0.2) is 25.2 Å². The number of amides is 1. The van der Waals surface area contributed by atoms with E-state index in [0.717, 1.165) is 34.3 Å². The van der Waals surface area contributed by atoms with E-state index in [1.807, 2.05) is 36.0 Å². The second kappa shape index (κ2) is 8.40. The molecule has 34 heavy (non-hydrogen) atoms. The number of carbonyl (C=O) groups is 1. The standard InChI is InChI=1S/C26H19F2N5O/c1-3-26(34)31-20-8-17(22-6-5-19(27)11-23(22)28)9-21(12-20)33-15-29-24-10-16(4-7-25(24)33)18-13-30-32(2)14-18/h3-15H,1H2,2H3,(H,31,34). The lowest BCUT2D eigenvalue weighted by molar-refractivity contribution is -0.111. The number of hydrogen-bond acceptors (Lipinski definition) is 3. The summed E-state index contributed by atoms with van der Waals surface area (Å²) in [6.45, 7) is 3.47. The van der Waals surface area contributed by atoms with Crippen LogP contribution in [0.1, 0.15) is 0 Å². The Morgan fingerprint density at radius 1 is 1.03 bits per heavy atom. The summed E-state index contributed by atoms with van der Waals surface area (Å²) in [5, 5.41) is 6.93.